The van der Waals surface area contributed by atoms with Crippen LogP contribution < -0.4 is 5.32 Å². The molecule has 0 saturated heterocycles. The fourth-order valence-electron chi connectivity index (χ4n) is 2.02. The van der Waals surface area contributed by atoms with Crippen molar-refractivity contribution in [3.05, 3.63) is 12.0 Å². The van der Waals surface area contributed by atoms with Crippen LogP contribution in [0.2, 0.25) is 0 Å². The zero-order valence-electron chi connectivity index (χ0n) is 12.6. The standard InChI is InChI=1S/C14H24N2O3S/c1-10(2)16-14(4,12(17)18)7-5-6-8-20-13-15-11(3)9-19-13/h9-10,16H,5-8H2,1-4H3,(H,17,18). The second-order valence-electron chi connectivity index (χ2n) is 5.50. The Labute approximate surface area is 124 Å². The van der Waals surface area contributed by atoms with Crippen LogP contribution in [-0.4, -0.2) is 33.4 Å². The molecule has 0 aliphatic carbocycles. The van der Waals surface area contributed by atoms with Gasteiger partial charge in [-0.1, -0.05) is 18.2 Å². The quantitative estimate of drug-likeness (QED) is 0.539. The molecule has 1 unspecified atom stereocenters. The fourth-order valence-corrected chi connectivity index (χ4v) is 2.86. The smallest absolute Gasteiger partial charge is 0.323 e. The van der Waals surface area contributed by atoms with E-state index < -0.39 is 11.5 Å². The highest BCUT2D eigenvalue weighted by Gasteiger charge is 2.32. The molecule has 1 atom stereocenters. The normalized spacial score (nSPS) is 14.4. The van der Waals surface area contributed by atoms with Crippen LogP contribution >= 0.6 is 11.8 Å². The van der Waals surface area contributed by atoms with E-state index in [2.05, 4.69) is 10.3 Å². The fraction of sp³-hybridized carbons (Fsp3) is 0.714. The van der Waals surface area contributed by atoms with E-state index >= 15 is 0 Å². The van der Waals surface area contributed by atoms with Crippen molar-refractivity contribution in [1.82, 2.24) is 10.3 Å². The van der Waals surface area contributed by atoms with Gasteiger partial charge in [-0.2, -0.15) is 0 Å². The van der Waals surface area contributed by atoms with Crippen LogP contribution in [0, 0.1) is 6.92 Å². The molecule has 1 aromatic rings. The number of oxazole rings is 1. The van der Waals surface area contributed by atoms with E-state index in [0.717, 1.165) is 24.3 Å². The van der Waals surface area contributed by atoms with Gasteiger partial charge in [-0.15, -0.1) is 0 Å². The lowest BCUT2D eigenvalue weighted by Gasteiger charge is -2.28. The molecule has 20 heavy (non-hydrogen) atoms. The molecule has 6 heteroatoms. The van der Waals surface area contributed by atoms with E-state index in [1.807, 2.05) is 20.8 Å². The Morgan fingerprint density at radius 2 is 2.25 bits per heavy atom. The van der Waals surface area contributed by atoms with Crippen molar-refractivity contribution in [2.45, 2.75) is 63.8 Å². The highest BCUT2D eigenvalue weighted by atomic mass is 32.2. The van der Waals surface area contributed by atoms with E-state index in [4.69, 9.17) is 4.42 Å². The van der Waals surface area contributed by atoms with Gasteiger partial charge in [0.05, 0.1) is 5.69 Å². The maximum Gasteiger partial charge on any atom is 0.323 e. The number of unbranched alkanes of at least 4 members (excludes halogenated alkanes) is 1. The predicted octanol–water partition coefficient (Wildman–Crippen LogP) is 3.09. The summed E-state index contributed by atoms with van der Waals surface area (Å²) in [5.41, 5.74) is 0.0327. The van der Waals surface area contributed by atoms with Crippen LogP contribution in [0.3, 0.4) is 0 Å². The second kappa shape index (κ2) is 7.69. The summed E-state index contributed by atoms with van der Waals surface area (Å²) in [5, 5.41) is 13.1. The number of carboxylic acid groups (broad SMARTS) is 1. The summed E-state index contributed by atoms with van der Waals surface area (Å²) < 4.78 is 5.25. The van der Waals surface area contributed by atoms with Crippen molar-refractivity contribution < 1.29 is 14.3 Å². The Balaban J connectivity index is 2.29. The SMILES string of the molecule is Cc1coc(SCCCCC(C)(NC(C)C)C(=O)O)n1. The Kier molecular flexibility index (Phi) is 6.55. The van der Waals surface area contributed by atoms with Crippen molar-refractivity contribution >= 4 is 17.7 Å². The van der Waals surface area contributed by atoms with Gasteiger partial charge in [0.25, 0.3) is 5.22 Å². The number of aromatic nitrogens is 1. The molecule has 0 spiro atoms. The van der Waals surface area contributed by atoms with Gasteiger partial charge in [-0.3, -0.25) is 10.1 Å². The molecule has 0 aliphatic heterocycles. The third kappa shape index (κ3) is 5.54. The van der Waals surface area contributed by atoms with Crippen LogP contribution in [-0.2, 0) is 4.79 Å². The summed E-state index contributed by atoms with van der Waals surface area (Å²) in [6.45, 7) is 7.56. The van der Waals surface area contributed by atoms with Crippen LogP contribution in [0.25, 0.3) is 0 Å². The largest absolute Gasteiger partial charge is 0.480 e. The number of carboxylic acids is 1. The molecule has 114 valence electrons. The van der Waals surface area contributed by atoms with Gasteiger partial charge in [-0.25, -0.2) is 4.98 Å². The Bertz CT molecular complexity index is 434. The molecular weight excluding hydrogens is 276 g/mol. The zero-order valence-corrected chi connectivity index (χ0v) is 13.4. The number of aryl methyl sites for hydroxylation is 1. The lowest BCUT2D eigenvalue weighted by atomic mass is 9.94. The molecule has 5 nitrogen and oxygen atoms in total. The van der Waals surface area contributed by atoms with Gasteiger partial charge in [-0.05, 0) is 40.5 Å². The minimum absolute atomic E-state index is 0.153. The number of hydrogen-bond acceptors (Lipinski definition) is 5. The molecular formula is C14H24N2O3S. The number of nitrogens with one attached hydrogen (secondary N) is 1. The molecule has 0 bridgehead atoms. The molecule has 0 saturated carbocycles. The van der Waals surface area contributed by atoms with Crippen molar-refractivity contribution in [3.8, 4) is 0 Å². The first-order valence-corrected chi connectivity index (χ1v) is 7.88. The number of thioether (sulfide) groups is 1. The van der Waals surface area contributed by atoms with Gasteiger partial charge in [0, 0.05) is 11.8 Å². The average Bonchev–Trinajstić information content (AvgIpc) is 2.73. The van der Waals surface area contributed by atoms with Crippen molar-refractivity contribution in [2.24, 2.45) is 0 Å². The number of hydrogen-bond donors (Lipinski definition) is 2. The molecule has 1 heterocycles. The van der Waals surface area contributed by atoms with Crippen LogP contribution in [0.4, 0.5) is 0 Å². The maximum absolute atomic E-state index is 11.4. The minimum Gasteiger partial charge on any atom is -0.480 e. The van der Waals surface area contributed by atoms with E-state index in [-0.39, 0.29) is 6.04 Å². The highest BCUT2D eigenvalue weighted by Crippen LogP contribution is 2.21. The first kappa shape index (κ1) is 17.0. The van der Waals surface area contributed by atoms with Gasteiger partial charge < -0.3 is 9.52 Å². The van der Waals surface area contributed by atoms with E-state index in [0.29, 0.717) is 11.6 Å². The molecule has 0 aliphatic rings. The summed E-state index contributed by atoms with van der Waals surface area (Å²) in [6, 6.07) is 0.153. The van der Waals surface area contributed by atoms with Crippen molar-refractivity contribution in [1.29, 1.82) is 0 Å². The lowest BCUT2D eigenvalue weighted by Crippen LogP contribution is -2.52. The van der Waals surface area contributed by atoms with Gasteiger partial charge in [0.1, 0.15) is 11.8 Å². The topological polar surface area (TPSA) is 75.4 Å². The molecule has 0 radical (unpaired) electrons. The average molecular weight is 300 g/mol. The summed E-state index contributed by atoms with van der Waals surface area (Å²) in [4.78, 5) is 15.6. The van der Waals surface area contributed by atoms with Gasteiger partial charge in [0.2, 0.25) is 0 Å². The number of carbonyl (C=O) groups is 1. The van der Waals surface area contributed by atoms with Crippen LogP contribution in [0.15, 0.2) is 15.9 Å². The molecule has 0 aromatic carbocycles. The van der Waals surface area contributed by atoms with Crippen molar-refractivity contribution in [2.75, 3.05) is 5.75 Å². The lowest BCUT2D eigenvalue weighted by molar-refractivity contribution is -0.144. The number of nitrogens with zero attached hydrogens (tertiary/aromatic N) is 1. The van der Waals surface area contributed by atoms with Gasteiger partial charge >= 0.3 is 5.97 Å². The third-order valence-electron chi connectivity index (χ3n) is 2.97. The molecule has 0 fully saturated rings. The highest BCUT2D eigenvalue weighted by molar-refractivity contribution is 7.99. The van der Waals surface area contributed by atoms with Crippen LogP contribution in [0.5, 0.6) is 0 Å². The summed E-state index contributed by atoms with van der Waals surface area (Å²) >= 11 is 1.57. The number of rotatable bonds is 9. The predicted molar refractivity (Wildman–Crippen MR) is 80.1 cm³/mol. The minimum atomic E-state index is -0.849. The Hall–Kier alpha value is -1.01. The zero-order chi connectivity index (χ0) is 15.2. The molecule has 0 amide bonds. The summed E-state index contributed by atoms with van der Waals surface area (Å²) in [7, 11) is 0. The molecule has 2 N–H and O–H groups in total. The first-order valence-electron chi connectivity index (χ1n) is 6.89. The monoisotopic (exact) mass is 300 g/mol. The summed E-state index contributed by atoms with van der Waals surface area (Å²) in [5.74, 6) is 0.0966. The van der Waals surface area contributed by atoms with E-state index in [9.17, 15) is 9.90 Å². The molecule has 1 rings (SSSR count). The first-order chi connectivity index (χ1) is 9.33. The van der Waals surface area contributed by atoms with E-state index in [1.165, 1.54) is 0 Å². The van der Waals surface area contributed by atoms with E-state index in [1.54, 1.807) is 24.9 Å². The second-order valence-corrected chi connectivity index (χ2v) is 6.54. The summed E-state index contributed by atoms with van der Waals surface area (Å²) in [6.07, 6.45) is 4.05. The maximum atomic E-state index is 11.4. The van der Waals surface area contributed by atoms with Crippen LogP contribution in [0.1, 0.15) is 45.7 Å². The van der Waals surface area contributed by atoms with Gasteiger partial charge in [0.15, 0.2) is 0 Å². The van der Waals surface area contributed by atoms with Crippen molar-refractivity contribution in [3.63, 3.8) is 0 Å². The third-order valence-corrected chi connectivity index (χ3v) is 3.90. The Morgan fingerprint density at radius 3 is 2.75 bits per heavy atom. The Morgan fingerprint density at radius 1 is 1.55 bits per heavy atom. The number of aliphatic carboxylic acids is 1. The molecule has 1 aromatic heterocycles.